The summed E-state index contributed by atoms with van der Waals surface area (Å²) in [6, 6.07) is 3.63. The summed E-state index contributed by atoms with van der Waals surface area (Å²) in [6.07, 6.45) is 2.13. The molecule has 0 atom stereocenters. The molecule has 14 heavy (non-hydrogen) atoms. The van der Waals surface area contributed by atoms with Crippen molar-refractivity contribution in [1.29, 1.82) is 0 Å². The Morgan fingerprint density at radius 2 is 2.43 bits per heavy atom. The molecule has 1 N–H and O–H groups in total. The van der Waals surface area contributed by atoms with Crippen LogP contribution in [0.15, 0.2) is 22.8 Å². The fourth-order valence-corrected chi connectivity index (χ4v) is 2.35. The van der Waals surface area contributed by atoms with Gasteiger partial charge in [-0.15, -0.1) is 11.3 Å². The van der Waals surface area contributed by atoms with Crippen molar-refractivity contribution in [3.8, 4) is 10.8 Å². The predicted molar refractivity (Wildman–Crippen MR) is 55.6 cm³/mol. The maximum Gasteiger partial charge on any atom is 0.162 e. The average Bonchev–Trinajstić information content (AvgIpc) is 2.76. The quantitative estimate of drug-likeness (QED) is 0.880. The Morgan fingerprint density at radius 1 is 1.57 bits per heavy atom. The number of nitrogens with zero attached hydrogens (tertiary/aromatic N) is 1. The molecule has 2 aromatic rings. The monoisotopic (exact) mass is 229 g/mol. The van der Waals surface area contributed by atoms with Crippen LogP contribution in [0.2, 0.25) is 5.15 Å². The molecule has 2 rings (SSSR count). The summed E-state index contributed by atoms with van der Waals surface area (Å²) in [7, 11) is 0. The lowest BCUT2D eigenvalue weighted by Crippen LogP contribution is -1.86. The Kier molecular flexibility index (Phi) is 2.86. The number of hydrogen-bond acceptors (Lipinski definition) is 4. The summed E-state index contributed by atoms with van der Waals surface area (Å²) in [5.74, 6) is 0.709. The van der Waals surface area contributed by atoms with Gasteiger partial charge < -0.3 is 9.52 Å². The molecule has 2 heterocycles. The molecular formula is C9H8ClNO2S. The van der Waals surface area contributed by atoms with E-state index in [4.69, 9.17) is 21.1 Å². The van der Waals surface area contributed by atoms with Crippen LogP contribution in [0.25, 0.3) is 10.8 Å². The zero-order chi connectivity index (χ0) is 9.97. The maximum atomic E-state index is 8.78. The minimum absolute atomic E-state index is 0.0828. The van der Waals surface area contributed by atoms with Crippen molar-refractivity contribution in [3.63, 3.8) is 0 Å². The van der Waals surface area contributed by atoms with Crippen molar-refractivity contribution in [2.75, 3.05) is 6.61 Å². The molecule has 3 nitrogen and oxygen atoms in total. The SMILES string of the molecule is OCCc1sc(-c2ccco2)nc1Cl. The molecule has 0 unspecified atom stereocenters. The molecule has 0 aliphatic rings. The van der Waals surface area contributed by atoms with Crippen molar-refractivity contribution in [1.82, 2.24) is 4.98 Å². The second kappa shape index (κ2) is 4.13. The fourth-order valence-electron chi connectivity index (χ4n) is 1.09. The number of aromatic nitrogens is 1. The van der Waals surface area contributed by atoms with Gasteiger partial charge in [0, 0.05) is 17.9 Å². The highest BCUT2D eigenvalue weighted by atomic mass is 35.5. The molecule has 0 aromatic carbocycles. The van der Waals surface area contributed by atoms with Gasteiger partial charge in [-0.2, -0.15) is 0 Å². The lowest BCUT2D eigenvalue weighted by Gasteiger charge is -1.88. The highest BCUT2D eigenvalue weighted by molar-refractivity contribution is 7.15. The van der Waals surface area contributed by atoms with Gasteiger partial charge in [0.05, 0.1) is 6.26 Å². The second-order valence-electron chi connectivity index (χ2n) is 2.68. The highest BCUT2D eigenvalue weighted by Crippen LogP contribution is 2.31. The van der Waals surface area contributed by atoms with Crippen LogP contribution < -0.4 is 0 Å². The fraction of sp³-hybridized carbons (Fsp3) is 0.222. The Balaban J connectivity index is 2.33. The number of rotatable bonds is 3. The van der Waals surface area contributed by atoms with Gasteiger partial charge in [-0.1, -0.05) is 11.6 Å². The van der Waals surface area contributed by atoms with E-state index in [1.54, 1.807) is 12.3 Å². The Labute approximate surface area is 90.0 Å². The molecule has 2 aromatic heterocycles. The Hall–Kier alpha value is -0.840. The van der Waals surface area contributed by atoms with Crippen LogP contribution >= 0.6 is 22.9 Å². The van der Waals surface area contributed by atoms with Gasteiger partial charge in [-0.05, 0) is 12.1 Å². The van der Waals surface area contributed by atoms with E-state index in [0.717, 1.165) is 9.88 Å². The Morgan fingerprint density at radius 3 is 3.07 bits per heavy atom. The normalized spacial score (nSPS) is 10.7. The van der Waals surface area contributed by atoms with Crippen molar-refractivity contribution in [3.05, 3.63) is 28.4 Å². The van der Waals surface area contributed by atoms with Gasteiger partial charge in [0.15, 0.2) is 10.8 Å². The van der Waals surface area contributed by atoms with E-state index in [1.807, 2.05) is 6.07 Å². The molecule has 0 saturated carbocycles. The first-order valence-corrected chi connectivity index (χ1v) is 5.30. The van der Waals surface area contributed by atoms with Crippen LogP contribution in [0.3, 0.4) is 0 Å². The largest absolute Gasteiger partial charge is 0.462 e. The Bertz CT molecular complexity index is 410. The number of furan rings is 1. The molecular weight excluding hydrogens is 222 g/mol. The van der Waals surface area contributed by atoms with Crippen molar-refractivity contribution >= 4 is 22.9 Å². The molecule has 0 radical (unpaired) electrons. The standard InChI is InChI=1S/C9H8ClNO2S/c10-8-7(3-4-12)14-9(11-8)6-2-1-5-13-6/h1-2,5,12H,3-4H2. The van der Waals surface area contributed by atoms with Gasteiger partial charge in [0.1, 0.15) is 5.15 Å². The molecule has 5 heteroatoms. The second-order valence-corrected chi connectivity index (χ2v) is 4.13. The third kappa shape index (κ3) is 1.82. The molecule has 0 saturated heterocycles. The van der Waals surface area contributed by atoms with E-state index in [1.165, 1.54) is 11.3 Å². The first-order valence-electron chi connectivity index (χ1n) is 4.11. The summed E-state index contributed by atoms with van der Waals surface area (Å²) in [6.45, 7) is 0.0828. The number of halogens is 1. The van der Waals surface area contributed by atoms with E-state index in [-0.39, 0.29) is 6.61 Å². The maximum absolute atomic E-state index is 8.78. The topological polar surface area (TPSA) is 46.3 Å². The van der Waals surface area contributed by atoms with Crippen molar-refractivity contribution in [2.24, 2.45) is 0 Å². The highest BCUT2D eigenvalue weighted by Gasteiger charge is 2.11. The molecule has 0 amide bonds. The summed E-state index contributed by atoms with van der Waals surface area (Å²) in [4.78, 5) is 5.04. The van der Waals surface area contributed by atoms with Crippen LogP contribution in [0.1, 0.15) is 4.88 Å². The van der Waals surface area contributed by atoms with Crippen LogP contribution in [0, 0.1) is 0 Å². The van der Waals surface area contributed by atoms with Gasteiger partial charge >= 0.3 is 0 Å². The van der Waals surface area contributed by atoms with Crippen LogP contribution in [-0.2, 0) is 6.42 Å². The van der Waals surface area contributed by atoms with Crippen LogP contribution in [0.5, 0.6) is 0 Å². The zero-order valence-electron chi connectivity index (χ0n) is 7.24. The first kappa shape index (κ1) is 9.71. The summed E-state index contributed by atoms with van der Waals surface area (Å²) in [5.41, 5.74) is 0. The van der Waals surface area contributed by atoms with E-state index in [0.29, 0.717) is 17.3 Å². The summed E-state index contributed by atoms with van der Waals surface area (Å²) < 4.78 is 5.19. The zero-order valence-corrected chi connectivity index (χ0v) is 8.81. The molecule has 74 valence electrons. The third-order valence-electron chi connectivity index (χ3n) is 1.72. The number of aliphatic hydroxyl groups is 1. The summed E-state index contributed by atoms with van der Waals surface area (Å²) >= 11 is 7.33. The van der Waals surface area contributed by atoms with E-state index in [9.17, 15) is 0 Å². The molecule has 0 spiro atoms. The minimum Gasteiger partial charge on any atom is -0.462 e. The summed E-state index contributed by atoms with van der Waals surface area (Å²) in [5, 5.41) is 9.99. The molecule has 0 fully saturated rings. The molecule has 0 aliphatic carbocycles. The lowest BCUT2D eigenvalue weighted by molar-refractivity contribution is 0.300. The van der Waals surface area contributed by atoms with Crippen molar-refractivity contribution < 1.29 is 9.52 Å². The van der Waals surface area contributed by atoms with Gasteiger partial charge in [0.2, 0.25) is 0 Å². The molecule has 0 bridgehead atoms. The third-order valence-corrected chi connectivity index (χ3v) is 3.27. The molecule has 0 aliphatic heterocycles. The van der Waals surface area contributed by atoms with E-state index >= 15 is 0 Å². The van der Waals surface area contributed by atoms with Gasteiger partial charge in [-0.3, -0.25) is 0 Å². The van der Waals surface area contributed by atoms with Crippen molar-refractivity contribution in [2.45, 2.75) is 6.42 Å². The van der Waals surface area contributed by atoms with Crippen LogP contribution in [0.4, 0.5) is 0 Å². The van der Waals surface area contributed by atoms with Gasteiger partial charge in [-0.25, -0.2) is 4.98 Å². The average molecular weight is 230 g/mol. The van der Waals surface area contributed by atoms with E-state index in [2.05, 4.69) is 4.98 Å². The number of hydrogen-bond donors (Lipinski definition) is 1. The number of aliphatic hydroxyl groups excluding tert-OH is 1. The first-order chi connectivity index (χ1) is 6.81. The smallest absolute Gasteiger partial charge is 0.162 e. The van der Waals surface area contributed by atoms with Gasteiger partial charge in [0.25, 0.3) is 0 Å². The lowest BCUT2D eigenvalue weighted by atomic mass is 10.4. The number of thiazole rings is 1. The van der Waals surface area contributed by atoms with Crippen LogP contribution in [-0.4, -0.2) is 16.7 Å². The predicted octanol–water partition coefficient (Wildman–Crippen LogP) is 2.59. The minimum atomic E-state index is 0.0828. The van der Waals surface area contributed by atoms with E-state index < -0.39 is 0 Å².